The summed E-state index contributed by atoms with van der Waals surface area (Å²) in [6, 6.07) is 7.77. The van der Waals surface area contributed by atoms with Crippen LogP contribution in [0.2, 0.25) is 0 Å². The van der Waals surface area contributed by atoms with Crippen LogP contribution in [0.25, 0.3) is 0 Å². The largest absolute Gasteiger partial charge is 0.461 e. The molecule has 0 unspecified atom stereocenters. The average molecular weight is 334 g/mol. The van der Waals surface area contributed by atoms with Crippen molar-refractivity contribution in [1.29, 1.82) is 0 Å². The predicted octanol–water partition coefficient (Wildman–Crippen LogP) is 1.16. The lowest BCUT2D eigenvalue weighted by molar-refractivity contribution is -0.164. The second-order valence-electron chi connectivity index (χ2n) is 6.58. The van der Waals surface area contributed by atoms with Gasteiger partial charge >= 0.3 is 12.1 Å². The molecular formula is C17H22N2O5. The highest BCUT2D eigenvalue weighted by atomic mass is 16.6. The minimum Gasteiger partial charge on any atom is -0.461 e. The van der Waals surface area contributed by atoms with Gasteiger partial charge in [0.25, 0.3) is 0 Å². The van der Waals surface area contributed by atoms with Crippen LogP contribution in [0.3, 0.4) is 0 Å². The first-order valence-electron chi connectivity index (χ1n) is 7.75. The summed E-state index contributed by atoms with van der Waals surface area (Å²) in [7, 11) is 0. The molecule has 24 heavy (non-hydrogen) atoms. The number of carbonyl (C=O) groups is 3. The van der Waals surface area contributed by atoms with E-state index >= 15 is 0 Å². The average Bonchev–Trinajstić information content (AvgIpc) is 2.49. The lowest BCUT2D eigenvalue weighted by atomic mass is 10.0. The SMILES string of the molecule is CC(C)(C)OC(=O)N[C@@H](Cc1ccccc1)C(=O)N[C@H]1COC1=O. The van der Waals surface area contributed by atoms with Gasteiger partial charge in [-0.15, -0.1) is 0 Å². The normalized spacial score (nSPS) is 18.0. The van der Waals surface area contributed by atoms with Crippen molar-refractivity contribution < 1.29 is 23.9 Å². The Morgan fingerprint density at radius 3 is 2.46 bits per heavy atom. The standard InChI is InChI=1S/C17H22N2O5/c1-17(2,3)24-16(22)19-12(9-11-7-5-4-6-8-11)14(20)18-13-10-23-15(13)21/h4-8,12-13H,9-10H2,1-3H3,(H,18,20)(H,19,22)/t12-,13-/m0/s1. The molecule has 1 aromatic carbocycles. The van der Waals surface area contributed by atoms with Gasteiger partial charge in [-0.1, -0.05) is 30.3 Å². The minimum absolute atomic E-state index is 0.148. The number of benzene rings is 1. The Labute approximate surface area is 140 Å². The van der Waals surface area contributed by atoms with E-state index in [1.807, 2.05) is 30.3 Å². The molecule has 0 bridgehead atoms. The van der Waals surface area contributed by atoms with Gasteiger partial charge in [0, 0.05) is 6.42 Å². The molecule has 0 saturated carbocycles. The fourth-order valence-electron chi connectivity index (χ4n) is 2.12. The number of esters is 1. The molecule has 130 valence electrons. The smallest absolute Gasteiger partial charge is 0.408 e. The van der Waals surface area contributed by atoms with Gasteiger partial charge in [-0.2, -0.15) is 0 Å². The maximum Gasteiger partial charge on any atom is 0.408 e. The van der Waals surface area contributed by atoms with Gasteiger partial charge in [-0.3, -0.25) is 4.79 Å². The molecule has 1 heterocycles. The topological polar surface area (TPSA) is 93.7 Å². The highest BCUT2D eigenvalue weighted by Crippen LogP contribution is 2.10. The Kier molecular flexibility index (Phi) is 5.43. The van der Waals surface area contributed by atoms with Crippen LogP contribution in [0.1, 0.15) is 26.3 Å². The first kappa shape index (κ1) is 17.8. The lowest BCUT2D eigenvalue weighted by Gasteiger charge is -2.28. The van der Waals surface area contributed by atoms with Crippen molar-refractivity contribution in [3.8, 4) is 0 Å². The summed E-state index contributed by atoms with van der Waals surface area (Å²) < 4.78 is 9.82. The fourth-order valence-corrected chi connectivity index (χ4v) is 2.12. The van der Waals surface area contributed by atoms with E-state index in [4.69, 9.17) is 4.74 Å². The Morgan fingerprint density at radius 2 is 1.96 bits per heavy atom. The van der Waals surface area contributed by atoms with E-state index in [0.717, 1.165) is 5.56 Å². The Bertz CT molecular complexity index is 609. The van der Waals surface area contributed by atoms with Crippen molar-refractivity contribution in [3.63, 3.8) is 0 Å². The summed E-state index contributed by atoms with van der Waals surface area (Å²) in [5.41, 5.74) is 0.209. The van der Waals surface area contributed by atoms with E-state index in [1.165, 1.54) is 0 Å². The van der Waals surface area contributed by atoms with Gasteiger partial charge in [0.15, 0.2) is 6.04 Å². The highest BCUT2D eigenvalue weighted by molar-refractivity contribution is 5.91. The van der Waals surface area contributed by atoms with Crippen LogP contribution in [0, 0.1) is 0 Å². The molecule has 1 aliphatic rings. The predicted molar refractivity (Wildman–Crippen MR) is 86.2 cm³/mol. The van der Waals surface area contributed by atoms with Crippen molar-refractivity contribution in [1.82, 2.24) is 10.6 Å². The Balaban J connectivity index is 2.03. The van der Waals surface area contributed by atoms with Crippen molar-refractivity contribution in [2.75, 3.05) is 6.61 Å². The number of cyclic esters (lactones) is 1. The molecule has 2 N–H and O–H groups in total. The molecule has 2 rings (SSSR count). The molecular weight excluding hydrogens is 312 g/mol. The fraction of sp³-hybridized carbons (Fsp3) is 0.471. The monoisotopic (exact) mass is 334 g/mol. The van der Waals surface area contributed by atoms with Gasteiger partial charge in [0.05, 0.1) is 0 Å². The summed E-state index contributed by atoms with van der Waals surface area (Å²) >= 11 is 0. The van der Waals surface area contributed by atoms with Crippen LogP contribution < -0.4 is 10.6 Å². The molecule has 7 nitrogen and oxygen atoms in total. The van der Waals surface area contributed by atoms with Crippen molar-refractivity contribution >= 4 is 18.0 Å². The second kappa shape index (κ2) is 7.33. The zero-order valence-corrected chi connectivity index (χ0v) is 14.0. The number of hydrogen-bond donors (Lipinski definition) is 2. The third-order valence-electron chi connectivity index (χ3n) is 3.28. The Hall–Kier alpha value is -2.57. The number of ether oxygens (including phenoxy) is 2. The van der Waals surface area contributed by atoms with Gasteiger partial charge in [-0.25, -0.2) is 9.59 Å². The molecule has 1 saturated heterocycles. The van der Waals surface area contributed by atoms with E-state index < -0.39 is 35.7 Å². The quantitative estimate of drug-likeness (QED) is 0.788. The number of nitrogens with one attached hydrogen (secondary N) is 2. The molecule has 2 amide bonds. The molecule has 1 aromatic rings. The zero-order valence-electron chi connectivity index (χ0n) is 14.0. The van der Waals surface area contributed by atoms with Crippen LogP contribution in [0.5, 0.6) is 0 Å². The third kappa shape index (κ3) is 5.26. The van der Waals surface area contributed by atoms with E-state index in [9.17, 15) is 14.4 Å². The van der Waals surface area contributed by atoms with Crippen molar-refractivity contribution in [2.45, 2.75) is 44.9 Å². The molecule has 2 atom stereocenters. The molecule has 0 radical (unpaired) electrons. The molecule has 0 spiro atoms. The highest BCUT2D eigenvalue weighted by Gasteiger charge is 2.34. The summed E-state index contributed by atoms with van der Waals surface area (Å²) in [5, 5.41) is 5.14. The summed E-state index contributed by atoms with van der Waals surface area (Å²) in [5.74, 6) is -0.926. The lowest BCUT2D eigenvalue weighted by Crippen LogP contribution is -2.58. The summed E-state index contributed by atoms with van der Waals surface area (Å²) in [6.07, 6.45) is -0.400. The van der Waals surface area contributed by atoms with Gasteiger partial charge in [0.2, 0.25) is 5.91 Å². The maximum atomic E-state index is 12.4. The molecule has 0 aromatic heterocycles. The number of rotatable bonds is 5. The van der Waals surface area contributed by atoms with Gasteiger partial charge in [-0.05, 0) is 26.3 Å². The van der Waals surface area contributed by atoms with Crippen LogP contribution in [0.15, 0.2) is 30.3 Å². The number of amides is 2. The minimum atomic E-state index is -0.851. The van der Waals surface area contributed by atoms with Crippen molar-refractivity contribution in [3.05, 3.63) is 35.9 Å². The molecule has 1 aliphatic heterocycles. The molecule has 7 heteroatoms. The van der Waals surface area contributed by atoms with Crippen LogP contribution in [-0.4, -0.2) is 42.3 Å². The van der Waals surface area contributed by atoms with E-state index in [-0.39, 0.29) is 13.0 Å². The number of hydrogen-bond acceptors (Lipinski definition) is 5. The van der Waals surface area contributed by atoms with Crippen molar-refractivity contribution in [2.24, 2.45) is 0 Å². The molecule has 1 fully saturated rings. The number of carbonyl (C=O) groups excluding carboxylic acids is 3. The van der Waals surface area contributed by atoms with Gasteiger partial charge in [0.1, 0.15) is 18.2 Å². The third-order valence-corrected chi connectivity index (χ3v) is 3.28. The summed E-state index contributed by atoms with van der Waals surface area (Å²) in [4.78, 5) is 35.6. The summed E-state index contributed by atoms with van der Waals surface area (Å²) in [6.45, 7) is 5.37. The van der Waals surface area contributed by atoms with Crippen LogP contribution in [-0.2, 0) is 25.5 Å². The zero-order chi connectivity index (χ0) is 17.7. The maximum absolute atomic E-state index is 12.4. The Morgan fingerprint density at radius 1 is 1.29 bits per heavy atom. The first-order valence-corrected chi connectivity index (χ1v) is 7.75. The van der Waals surface area contributed by atoms with E-state index in [2.05, 4.69) is 15.4 Å². The van der Waals surface area contributed by atoms with Crippen LogP contribution in [0.4, 0.5) is 4.79 Å². The van der Waals surface area contributed by atoms with Crippen LogP contribution >= 0.6 is 0 Å². The van der Waals surface area contributed by atoms with E-state index in [0.29, 0.717) is 0 Å². The first-order chi connectivity index (χ1) is 11.2. The van der Waals surface area contributed by atoms with Gasteiger partial charge < -0.3 is 20.1 Å². The number of alkyl carbamates (subject to hydrolysis) is 1. The second-order valence-corrected chi connectivity index (χ2v) is 6.58. The van der Waals surface area contributed by atoms with E-state index in [1.54, 1.807) is 20.8 Å². The molecule has 0 aliphatic carbocycles.